The number of aromatic carboxylic acids is 1. The zero-order valence-electron chi connectivity index (χ0n) is 10.6. The van der Waals surface area contributed by atoms with Gasteiger partial charge in [0.15, 0.2) is 0 Å². The van der Waals surface area contributed by atoms with Crippen LogP contribution in [-0.4, -0.2) is 17.0 Å². The van der Waals surface area contributed by atoms with Crippen LogP contribution in [0.5, 0.6) is 0 Å². The first-order valence-electron chi connectivity index (χ1n) is 5.69. The number of carbonyl (C=O) groups is 2. The van der Waals surface area contributed by atoms with Gasteiger partial charge < -0.3 is 14.8 Å². The van der Waals surface area contributed by atoms with Gasteiger partial charge in [0.05, 0.1) is 0 Å². The summed E-state index contributed by atoms with van der Waals surface area (Å²) in [6.07, 6.45) is 0. The van der Waals surface area contributed by atoms with Gasteiger partial charge in [-0.1, -0.05) is 0 Å². The van der Waals surface area contributed by atoms with Crippen LogP contribution >= 0.6 is 0 Å². The first-order chi connectivity index (χ1) is 8.97. The van der Waals surface area contributed by atoms with Gasteiger partial charge in [0.1, 0.15) is 5.76 Å². The topological polar surface area (TPSA) is 79.5 Å². The van der Waals surface area contributed by atoms with Gasteiger partial charge in [-0.15, -0.1) is 0 Å². The molecular weight excluding hydrogens is 246 g/mol. The van der Waals surface area contributed by atoms with Crippen molar-refractivity contribution in [2.75, 3.05) is 5.32 Å². The van der Waals surface area contributed by atoms with E-state index in [0.29, 0.717) is 11.4 Å². The van der Waals surface area contributed by atoms with Gasteiger partial charge in [-0.3, -0.25) is 4.79 Å². The number of hydrogen-bond donors (Lipinski definition) is 2. The van der Waals surface area contributed by atoms with Gasteiger partial charge in [-0.05, 0) is 42.8 Å². The van der Waals surface area contributed by atoms with Crippen molar-refractivity contribution in [1.29, 1.82) is 0 Å². The molecule has 0 aliphatic heterocycles. The molecule has 19 heavy (non-hydrogen) atoms. The third-order valence-corrected chi connectivity index (χ3v) is 2.63. The second-order valence-electron chi connectivity index (χ2n) is 4.18. The Kier molecular flexibility index (Phi) is 3.37. The molecule has 0 spiro atoms. The fraction of sp³-hybridized carbons (Fsp3) is 0.143. The van der Waals surface area contributed by atoms with E-state index in [-0.39, 0.29) is 11.7 Å². The highest BCUT2D eigenvalue weighted by Gasteiger charge is 2.12. The van der Waals surface area contributed by atoms with Crippen LogP contribution in [0.2, 0.25) is 0 Å². The number of carboxylic acid groups (broad SMARTS) is 1. The molecule has 0 saturated carbocycles. The lowest BCUT2D eigenvalue weighted by molar-refractivity contribution is -0.114. The number of furan rings is 1. The lowest BCUT2D eigenvalue weighted by atomic mass is 10.1. The Bertz CT molecular complexity index is 643. The smallest absolute Gasteiger partial charge is 0.371 e. The number of amides is 1. The summed E-state index contributed by atoms with van der Waals surface area (Å²) < 4.78 is 5.25. The molecule has 0 atom stereocenters. The Morgan fingerprint density at radius 3 is 2.47 bits per heavy atom. The third kappa shape index (κ3) is 2.82. The van der Waals surface area contributed by atoms with E-state index in [1.165, 1.54) is 13.0 Å². The molecule has 5 heteroatoms. The van der Waals surface area contributed by atoms with Crippen LogP contribution in [0.25, 0.3) is 11.3 Å². The zero-order valence-corrected chi connectivity index (χ0v) is 10.6. The van der Waals surface area contributed by atoms with Crippen molar-refractivity contribution in [1.82, 2.24) is 0 Å². The minimum Gasteiger partial charge on any atom is -0.475 e. The Balaban J connectivity index is 2.34. The average Bonchev–Trinajstić information content (AvgIpc) is 2.77. The summed E-state index contributed by atoms with van der Waals surface area (Å²) in [5.74, 6) is -0.846. The number of hydrogen-bond acceptors (Lipinski definition) is 3. The predicted molar refractivity (Wildman–Crippen MR) is 70.1 cm³/mol. The molecular formula is C14H13NO4. The van der Waals surface area contributed by atoms with Gasteiger partial charge in [0, 0.05) is 18.2 Å². The maximum atomic E-state index is 11.0. The Hall–Kier alpha value is -2.56. The predicted octanol–water partition coefficient (Wildman–Crippen LogP) is 2.91. The molecule has 2 aromatic rings. The summed E-state index contributed by atoms with van der Waals surface area (Å²) in [7, 11) is 0. The summed E-state index contributed by atoms with van der Waals surface area (Å²) in [6.45, 7) is 3.30. The molecule has 1 aromatic heterocycles. The average molecular weight is 259 g/mol. The Morgan fingerprint density at radius 2 is 1.95 bits per heavy atom. The van der Waals surface area contributed by atoms with Crippen molar-refractivity contribution in [3.05, 3.63) is 41.7 Å². The molecule has 2 rings (SSSR count). The van der Waals surface area contributed by atoms with E-state index in [1.54, 1.807) is 24.3 Å². The maximum Gasteiger partial charge on any atom is 0.371 e. The Morgan fingerprint density at radius 1 is 1.21 bits per heavy atom. The van der Waals surface area contributed by atoms with Gasteiger partial charge >= 0.3 is 5.97 Å². The molecule has 0 saturated heterocycles. The van der Waals surface area contributed by atoms with E-state index >= 15 is 0 Å². The van der Waals surface area contributed by atoms with E-state index in [1.807, 2.05) is 6.92 Å². The number of carbonyl (C=O) groups excluding carboxylic acids is 1. The monoisotopic (exact) mass is 259 g/mol. The first kappa shape index (κ1) is 12.9. The molecule has 1 aromatic carbocycles. The van der Waals surface area contributed by atoms with Crippen LogP contribution in [0.4, 0.5) is 5.69 Å². The summed E-state index contributed by atoms with van der Waals surface area (Å²) in [6, 6.07) is 8.36. The minimum absolute atomic E-state index is 0.0969. The van der Waals surface area contributed by atoms with Crippen LogP contribution in [0, 0.1) is 6.92 Å². The number of carboxylic acids is 1. The number of rotatable bonds is 3. The SMILES string of the molecule is CC(=O)Nc1ccc(-c2ccc(C(=O)O)o2)c(C)c1. The maximum absolute atomic E-state index is 11.0. The molecule has 1 heterocycles. The van der Waals surface area contributed by atoms with Gasteiger partial charge in [0.2, 0.25) is 11.7 Å². The number of aryl methyl sites for hydroxylation is 1. The van der Waals surface area contributed by atoms with Gasteiger partial charge in [-0.2, -0.15) is 0 Å². The summed E-state index contributed by atoms with van der Waals surface area (Å²) in [5, 5.41) is 11.5. The van der Waals surface area contributed by atoms with E-state index in [0.717, 1.165) is 11.1 Å². The highest BCUT2D eigenvalue weighted by atomic mass is 16.4. The number of benzene rings is 1. The van der Waals surface area contributed by atoms with E-state index < -0.39 is 5.97 Å². The largest absolute Gasteiger partial charge is 0.475 e. The molecule has 0 aliphatic carbocycles. The summed E-state index contributed by atoms with van der Waals surface area (Å²) in [4.78, 5) is 21.7. The molecule has 98 valence electrons. The van der Waals surface area contributed by atoms with Crippen molar-refractivity contribution in [2.45, 2.75) is 13.8 Å². The van der Waals surface area contributed by atoms with Crippen molar-refractivity contribution in [2.24, 2.45) is 0 Å². The molecule has 1 amide bonds. The van der Waals surface area contributed by atoms with Crippen molar-refractivity contribution >= 4 is 17.6 Å². The van der Waals surface area contributed by atoms with Crippen LogP contribution in [0.15, 0.2) is 34.7 Å². The molecule has 0 radical (unpaired) electrons. The highest BCUT2D eigenvalue weighted by Crippen LogP contribution is 2.27. The van der Waals surface area contributed by atoms with E-state index in [4.69, 9.17) is 9.52 Å². The first-order valence-corrected chi connectivity index (χ1v) is 5.69. The summed E-state index contributed by atoms with van der Waals surface area (Å²) >= 11 is 0. The highest BCUT2D eigenvalue weighted by molar-refractivity contribution is 5.89. The standard InChI is InChI=1S/C14H13NO4/c1-8-7-10(15-9(2)16)3-4-11(8)12-5-6-13(19-12)14(17)18/h3-7H,1-2H3,(H,15,16)(H,17,18). The molecule has 0 unspecified atom stereocenters. The van der Waals surface area contributed by atoms with Crippen molar-refractivity contribution < 1.29 is 19.1 Å². The third-order valence-electron chi connectivity index (χ3n) is 2.63. The molecule has 2 N–H and O–H groups in total. The number of anilines is 1. The lowest BCUT2D eigenvalue weighted by Crippen LogP contribution is -2.05. The molecule has 0 bridgehead atoms. The van der Waals surface area contributed by atoms with Crippen LogP contribution in [0.1, 0.15) is 23.0 Å². The second kappa shape index (κ2) is 4.97. The van der Waals surface area contributed by atoms with Crippen LogP contribution in [-0.2, 0) is 4.79 Å². The molecule has 5 nitrogen and oxygen atoms in total. The zero-order chi connectivity index (χ0) is 14.0. The minimum atomic E-state index is -1.10. The van der Waals surface area contributed by atoms with Gasteiger partial charge in [-0.25, -0.2) is 4.79 Å². The Labute approximate surface area is 109 Å². The van der Waals surface area contributed by atoms with E-state index in [2.05, 4.69) is 5.32 Å². The van der Waals surface area contributed by atoms with Crippen LogP contribution < -0.4 is 5.32 Å². The fourth-order valence-corrected chi connectivity index (χ4v) is 1.82. The van der Waals surface area contributed by atoms with Crippen molar-refractivity contribution in [3.63, 3.8) is 0 Å². The quantitative estimate of drug-likeness (QED) is 0.888. The van der Waals surface area contributed by atoms with Crippen molar-refractivity contribution in [3.8, 4) is 11.3 Å². The molecule has 0 aliphatic rings. The number of nitrogens with one attached hydrogen (secondary N) is 1. The lowest BCUT2D eigenvalue weighted by Gasteiger charge is -2.07. The fourth-order valence-electron chi connectivity index (χ4n) is 1.82. The van der Waals surface area contributed by atoms with Gasteiger partial charge in [0.25, 0.3) is 0 Å². The second-order valence-corrected chi connectivity index (χ2v) is 4.18. The van der Waals surface area contributed by atoms with Crippen LogP contribution in [0.3, 0.4) is 0 Å². The normalized spacial score (nSPS) is 10.2. The van der Waals surface area contributed by atoms with E-state index in [9.17, 15) is 9.59 Å². The summed E-state index contributed by atoms with van der Waals surface area (Å²) in [5.41, 5.74) is 2.37. The molecule has 0 fully saturated rings.